The van der Waals surface area contributed by atoms with Crippen molar-refractivity contribution in [1.82, 2.24) is 47.2 Å². The smallest absolute Gasteiger partial charge is 0.264 e. The molecule has 22 nitrogen and oxygen atoms in total. The minimum atomic E-state index is -1.56. The summed E-state index contributed by atoms with van der Waals surface area (Å²) >= 11 is 8.64. The van der Waals surface area contributed by atoms with Gasteiger partial charge < -0.3 is 53.4 Å². The SMILES string of the molecule is CC(=O)NN1C(=O)[C@H](C)NC(=O)[C@@H](C(C)C)NC(=O)[C@H](Cc2cccs2)NC(=O)[C@H](Cc2ccc(Cl)cc2)NC(=O)CCCSC[C@H]1C(=O)N1C[C@H](O)C[C@H]1C(=O)N[C@H](CCCN=C(N)N)C(=O)NCC(C)C. The number of aliphatic imine (C=N–C) groups is 1. The number of benzene rings is 1. The second kappa shape index (κ2) is 29.0. The topological polar surface area (TPSA) is 329 Å². The lowest BCUT2D eigenvalue weighted by Gasteiger charge is -2.36. The van der Waals surface area contributed by atoms with E-state index in [1.807, 2.05) is 19.2 Å². The summed E-state index contributed by atoms with van der Waals surface area (Å²) in [5, 5.41) is 30.6. The molecule has 1 aromatic carbocycles. The highest BCUT2D eigenvalue weighted by Crippen LogP contribution is 2.24. The van der Waals surface area contributed by atoms with E-state index < -0.39 is 107 Å². The van der Waals surface area contributed by atoms with E-state index in [1.165, 1.54) is 18.3 Å². The molecule has 2 aliphatic heterocycles. The van der Waals surface area contributed by atoms with Crippen molar-refractivity contribution in [3.05, 3.63) is 57.2 Å². The van der Waals surface area contributed by atoms with Crippen molar-refractivity contribution >= 4 is 93.8 Å². The summed E-state index contributed by atoms with van der Waals surface area (Å²) in [6.45, 7) is 9.71. The number of halogens is 1. The van der Waals surface area contributed by atoms with E-state index in [0.29, 0.717) is 23.6 Å². The van der Waals surface area contributed by atoms with Gasteiger partial charge in [0.15, 0.2) is 5.96 Å². The van der Waals surface area contributed by atoms with Crippen LogP contribution < -0.4 is 48.8 Å². The summed E-state index contributed by atoms with van der Waals surface area (Å²) in [7, 11) is 0. The Balaban J connectivity index is 1.70. The maximum Gasteiger partial charge on any atom is 0.264 e. The number of hydrogen-bond acceptors (Lipinski definition) is 13. The Morgan fingerprint density at radius 3 is 2.23 bits per heavy atom. The lowest BCUT2D eigenvalue weighted by atomic mass is 10.0. The van der Waals surface area contributed by atoms with E-state index in [1.54, 1.807) is 50.2 Å². The molecule has 9 amide bonds. The van der Waals surface area contributed by atoms with Gasteiger partial charge >= 0.3 is 0 Å². The first-order valence-corrected chi connectivity index (χ1v) is 26.7. The number of hydrogen-bond donors (Lipinski definition) is 10. The predicted octanol–water partition coefficient (Wildman–Crippen LogP) is -0.150. The second-order valence-corrected chi connectivity index (χ2v) is 21.5. The summed E-state index contributed by atoms with van der Waals surface area (Å²) in [5.74, 6) is -7.08. The second-order valence-electron chi connectivity index (χ2n) is 18.9. The Morgan fingerprint density at radius 2 is 1.60 bits per heavy atom. The van der Waals surface area contributed by atoms with Crippen LogP contribution in [0, 0.1) is 11.8 Å². The Kier molecular flexibility index (Phi) is 23.7. The van der Waals surface area contributed by atoms with Gasteiger partial charge in [0.2, 0.25) is 47.3 Å². The van der Waals surface area contributed by atoms with Crippen LogP contribution in [0.5, 0.6) is 0 Å². The minimum absolute atomic E-state index is 0.0399. The normalized spacial score (nSPS) is 23.4. The first kappa shape index (κ1) is 59.6. The molecule has 2 aliphatic rings. The molecule has 2 saturated heterocycles. The molecule has 25 heteroatoms. The third-order valence-electron chi connectivity index (χ3n) is 11.8. The zero-order valence-electron chi connectivity index (χ0n) is 42.1. The number of β-amino-alcohol motifs (C(OH)–C–C–N with tert-alkyl or cyclic N) is 1. The molecule has 4 rings (SSSR count). The molecule has 2 fully saturated rings. The Bertz CT molecular complexity index is 2270. The zero-order chi connectivity index (χ0) is 53.9. The standard InChI is InChI=1S/C48H71ClN12O10S2/c1-26(2)23-53-41(65)34(11-7-17-52-48(50)51)56-44(68)37-21-32(63)24-60(37)47(71)38-25-72-18-9-12-39(64)55-35(20-30-13-15-31(49)16-14-30)42(66)57-36(22-33-10-8-19-73-33)43(67)58-40(27(3)4)45(69)54-28(5)46(70)61(38)59-29(6)62/h8,10,13-16,19,26-28,32,34-38,40,63H,7,9,11-12,17-18,20-25H2,1-6H3,(H,53,65)(H,54,69)(H,55,64)(H,56,68)(H,57,66)(H,58,67)(H,59,62)(H4,50,51,52)/t28-,32+,34+,35-,36-,37-,38-,40+/m0/s1. The van der Waals surface area contributed by atoms with Gasteiger partial charge in [0, 0.05) is 67.9 Å². The molecule has 0 aliphatic carbocycles. The van der Waals surface area contributed by atoms with Crippen LogP contribution in [0.1, 0.15) is 84.1 Å². The zero-order valence-corrected chi connectivity index (χ0v) is 44.5. The number of rotatable bonds is 16. The molecule has 0 radical (unpaired) electrons. The molecule has 0 unspecified atom stereocenters. The number of likely N-dealkylation sites (tertiary alicyclic amines) is 1. The number of nitrogens with two attached hydrogens (primary N) is 2. The number of guanidine groups is 1. The maximum atomic E-state index is 15.0. The first-order valence-electron chi connectivity index (χ1n) is 24.3. The highest BCUT2D eigenvalue weighted by atomic mass is 35.5. The number of hydrazine groups is 1. The van der Waals surface area contributed by atoms with Crippen LogP contribution in [0.25, 0.3) is 0 Å². The van der Waals surface area contributed by atoms with E-state index in [9.17, 15) is 48.3 Å². The quantitative estimate of drug-likeness (QED) is 0.0595. The van der Waals surface area contributed by atoms with Gasteiger partial charge in [0.25, 0.3) is 5.91 Å². The Hall–Kier alpha value is -5.98. The van der Waals surface area contributed by atoms with Crippen molar-refractivity contribution in [3.8, 4) is 0 Å². The summed E-state index contributed by atoms with van der Waals surface area (Å²) < 4.78 is 0. The molecule has 2 aromatic rings. The molecular weight excluding hydrogens is 1000 g/mol. The Labute approximate surface area is 439 Å². The largest absolute Gasteiger partial charge is 0.391 e. The predicted molar refractivity (Wildman–Crippen MR) is 278 cm³/mol. The third kappa shape index (κ3) is 19.1. The summed E-state index contributed by atoms with van der Waals surface area (Å²) in [4.78, 5) is 132. The molecule has 402 valence electrons. The number of carbonyl (C=O) groups is 9. The van der Waals surface area contributed by atoms with Crippen LogP contribution in [-0.2, 0) is 56.0 Å². The number of nitrogens with one attached hydrogen (secondary N) is 7. The molecule has 0 spiro atoms. The van der Waals surface area contributed by atoms with Gasteiger partial charge in [-0.2, -0.15) is 11.8 Å². The van der Waals surface area contributed by atoms with Gasteiger partial charge in [-0.15, -0.1) is 11.3 Å². The lowest BCUT2D eigenvalue weighted by molar-refractivity contribution is -0.154. The van der Waals surface area contributed by atoms with Crippen LogP contribution in [0.2, 0.25) is 5.02 Å². The van der Waals surface area contributed by atoms with Crippen molar-refractivity contribution < 1.29 is 48.3 Å². The number of aliphatic hydroxyl groups is 1. The van der Waals surface area contributed by atoms with E-state index in [2.05, 4.69) is 42.3 Å². The van der Waals surface area contributed by atoms with Crippen LogP contribution in [0.4, 0.5) is 0 Å². The van der Waals surface area contributed by atoms with Gasteiger partial charge in [-0.25, -0.2) is 5.01 Å². The number of nitrogens with zero attached hydrogens (tertiary/aromatic N) is 3. The summed E-state index contributed by atoms with van der Waals surface area (Å²) in [6.07, 6.45) is -0.790. The van der Waals surface area contributed by atoms with E-state index in [4.69, 9.17) is 23.1 Å². The Morgan fingerprint density at radius 1 is 0.918 bits per heavy atom. The van der Waals surface area contributed by atoms with E-state index in [-0.39, 0.29) is 75.0 Å². The number of amides is 9. The fraction of sp³-hybridized carbons (Fsp3) is 0.583. The number of aliphatic hydroxyl groups excluding tert-OH is 1. The van der Waals surface area contributed by atoms with Gasteiger partial charge in [0.05, 0.1) is 6.10 Å². The minimum Gasteiger partial charge on any atom is -0.391 e. The van der Waals surface area contributed by atoms with Crippen molar-refractivity contribution in [2.75, 3.05) is 31.1 Å². The molecule has 12 N–H and O–H groups in total. The fourth-order valence-electron chi connectivity index (χ4n) is 8.01. The average Bonchev–Trinajstić information content (AvgIpc) is 4.00. The third-order valence-corrected chi connectivity index (χ3v) is 14.1. The maximum absolute atomic E-state index is 15.0. The molecular formula is C48H71ClN12O10S2. The molecule has 3 heterocycles. The van der Waals surface area contributed by atoms with Crippen LogP contribution in [-0.4, -0.2) is 154 Å². The van der Waals surface area contributed by atoms with Gasteiger partial charge in [-0.3, -0.25) is 53.6 Å². The average molecular weight is 1080 g/mol. The molecule has 0 bridgehead atoms. The van der Waals surface area contributed by atoms with Crippen molar-refractivity contribution in [3.63, 3.8) is 0 Å². The van der Waals surface area contributed by atoms with Gasteiger partial charge in [0.1, 0.15) is 42.3 Å². The highest BCUT2D eigenvalue weighted by Gasteiger charge is 2.45. The van der Waals surface area contributed by atoms with E-state index >= 15 is 0 Å². The number of thioether (sulfide) groups is 1. The van der Waals surface area contributed by atoms with Crippen LogP contribution >= 0.6 is 34.7 Å². The molecule has 0 saturated carbocycles. The molecule has 8 atom stereocenters. The van der Waals surface area contributed by atoms with Crippen LogP contribution in [0.15, 0.2) is 46.8 Å². The van der Waals surface area contributed by atoms with Crippen LogP contribution in [0.3, 0.4) is 0 Å². The highest BCUT2D eigenvalue weighted by molar-refractivity contribution is 7.99. The number of carbonyl (C=O) groups excluding carboxylic acids is 9. The molecule has 1 aromatic heterocycles. The summed E-state index contributed by atoms with van der Waals surface area (Å²) in [6, 6.07) is 1.26. The summed E-state index contributed by atoms with van der Waals surface area (Å²) in [5.41, 5.74) is 14.1. The van der Waals surface area contributed by atoms with Crippen molar-refractivity contribution in [2.24, 2.45) is 28.3 Å². The lowest BCUT2D eigenvalue weighted by Crippen LogP contribution is -2.64. The number of thiophene rings is 1. The van der Waals surface area contributed by atoms with Crippen molar-refractivity contribution in [1.29, 1.82) is 0 Å². The van der Waals surface area contributed by atoms with E-state index in [0.717, 1.165) is 33.5 Å². The van der Waals surface area contributed by atoms with Gasteiger partial charge in [-0.05, 0) is 72.9 Å². The van der Waals surface area contributed by atoms with Crippen molar-refractivity contribution in [2.45, 2.75) is 135 Å². The van der Waals surface area contributed by atoms with Gasteiger partial charge in [-0.1, -0.05) is 57.5 Å². The molecule has 73 heavy (non-hydrogen) atoms. The monoisotopic (exact) mass is 1070 g/mol. The first-order chi connectivity index (χ1) is 34.5. The fourth-order valence-corrected chi connectivity index (χ4v) is 9.92.